The molecule has 2 aromatic rings. The molecule has 23 heavy (non-hydrogen) atoms. The minimum absolute atomic E-state index is 0.0543. The maximum Gasteiger partial charge on any atom is 0.345 e. The molecule has 0 aromatic heterocycles. The summed E-state index contributed by atoms with van der Waals surface area (Å²) >= 11 is 11.4. The zero-order valence-corrected chi connectivity index (χ0v) is 13.2. The molecule has 0 bridgehead atoms. The first-order valence-electron chi connectivity index (χ1n) is 6.47. The Hall–Kier alpha value is -2.31. The molecule has 0 unspecified atom stereocenters. The highest BCUT2D eigenvalue weighted by Gasteiger charge is 2.21. The number of nitrogens with zero attached hydrogens (tertiary/aromatic N) is 1. The van der Waals surface area contributed by atoms with Crippen LogP contribution in [0.3, 0.4) is 0 Å². The molecule has 0 fully saturated rings. The van der Waals surface area contributed by atoms with Gasteiger partial charge in [-0.25, -0.2) is 4.79 Å². The van der Waals surface area contributed by atoms with Gasteiger partial charge in [-0.05, 0) is 36.4 Å². The fraction of sp³-hybridized carbons (Fsp3) is 0.133. The topological polar surface area (TPSA) is 78.7 Å². The number of nitro benzene ring substituents is 1. The zero-order valence-electron chi connectivity index (χ0n) is 11.7. The average molecular weight is 356 g/mol. The molecule has 2 aromatic carbocycles. The summed E-state index contributed by atoms with van der Waals surface area (Å²) in [7, 11) is 0. The summed E-state index contributed by atoms with van der Waals surface area (Å²) in [6.45, 7) is 0.0516. The van der Waals surface area contributed by atoms with Crippen molar-refractivity contribution >= 4 is 34.9 Å². The predicted molar refractivity (Wildman–Crippen MR) is 85.3 cm³/mol. The Kier molecular flexibility index (Phi) is 5.78. The van der Waals surface area contributed by atoms with Gasteiger partial charge in [0.25, 0.3) is 5.69 Å². The Balaban J connectivity index is 1.90. The Morgan fingerprint density at radius 2 is 1.70 bits per heavy atom. The minimum atomic E-state index is -0.812. The highest BCUT2D eigenvalue weighted by molar-refractivity contribution is 6.31. The van der Waals surface area contributed by atoms with Crippen molar-refractivity contribution in [3.05, 3.63) is 68.2 Å². The smallest absolute Gasteiger partial charge is 0.345 e. The van der Waals surface area contributed by atoms with E-state index in [-0.39, 0.29) is 23.8 Å². The average Bonchev–Trinajstić information content (AvgIpc) is 2.53. The molecule has 0 amide bonds. The first kappa shape index (κ1) is 17.1. The number of ether oxygens (including phenoxy) is 2. The lowest BCUT2D eigenvalue weighted by Crippen LogP contribution is -2.13. The third kappa shape index (κ3) is 4.84. The summed E-state index contributed by atoms with van der Waals surface area (Å²) in [5, 5.41) is 11.7. The summed E-state index contributed by atoms with van der Waals surface area (Å²) in [5.74, 6) is -0.240. The van der Waals surface area contributed by atoms with Crippen LogP contribution in [0.5, 0.6) is 5.75 Å². The van der Waals surface area contributed by atoms with E-state index < -0.39 is 16.6 Å². The van der Waals surface area contributed by atoms with Gasteiger partial charge in [0.15, 0.2) is 0 Å². The van der Waals surface area contributed by atoms with E-state index in [9.17, 15) is 14.9 Å². The van der Waals surface area contributed by atoms with Crippen LogP contribution in [0, 0.1) is 10.1 Å². The van der Waals surface area contributed by atoms with Gasteiger partial charge in [0.05, 0.1) is 4.92 Å². The monoisotopic (exact) mass is 355 g/mol. The Bertz CT molecular complexity index is 718. The van der Waals surface area contributed by atoms with Crippen molar-refractivity contribution in [1.82, 2.24) is 0 Å². The molecule has 0 saturated carbocycles. The molecule has 8 heteroatoms. The number of carbonyl (C=O) groups is 1. The van der Waals surface area contributed by atoms with Gasteiger partial charge in [-0.2, -0.15) is 0 Å². The van der Waals surface area contributed by atoms with Crippen LogP contribution in [0.25, 0.3) is 0 Å². The summed E-state index contributed by atoms with van der Waals surface area (Å²) < 4.78 is 10.3. The molecule has 0 radical (unpaired) electrons. The van der Waals surface area contributed by atoms with E-state index in [4.69, 9.17) is 32.7 Å². The van der Waals surface area contributed by atoms with Crippen LogP contribution in [-0.4, -0.2) is 24.1 Å². The number of rotatable bonds is 6. The van der Waals surface area contributed by atoms with Gasteiger partial charge < -0.3 is 9.47 Å². The fourth-order valence-electron chi connectivity index (χ4n) is 1.73. The van der Waals surface area contributed by atoms with Crippen LogP contribution in [0.1, 0.15) is 10.4 Å². The Morgan fingerprint density at radius 1 is 1.04 bits per heavy atom. The van der Waals surface area contributed by atoms with E-state index in [1.165, 1.54) is 12.1 Å². The molecule has 0 saturated heterocycles. The zero-order chi connectivity index (χ0) is 16.8. The van der Waals surface area contributed by atoms with Crippen molar-refractivity contribution in [2.24, 2.45) is 0 Å². The van der Waals surface area contributed by atoms with E-state index >= 15 is 0 Å². The second-order valence-corrected chi connectivity index (χ2v) is 5.23. The second-order valence-electron chi connectivity index (χ2n) is 4.36. The summed E-state index contributed by atoms with van der Waals surface area (Å²) in [6, 6.07) is 10.4. The minimum Gasteiger partial charge on any atom is -0.490 e. The molecule has 0 atom stereocenters. The van der Waals surface area contributed by atoms with Gasteiger partial charge >= 0.3 is 5.97 Å². The molecular formula is C15H11Cl2NO5. The van der Waals surface area contributed by atoms with Gasteiger partial charge in [-0.15, -0.1) is 0 Å². The molecule has 0 aliphatic rings. The van der Waals surface area contributed by atoms with Gasteiger partial charge in [0.2, 0.25) is 0 Å². The van der Waals surface area contributed by atoms with Crippen molar-refractivity contribution in [2.45, 2.75) is 0 Å². The van der Waals surface area contributed by atoms with E-state index in [0.29, 0.717) is 10.8 Å². The largest absolute Gasteiger partial charge is 0.490 e. The molecule has 2 rings (SSSR count). The van der Waals surface area contributed by atoms with Crippen LogP contribution in [-0.2, 0) is 4.74 Å². The van der Waals surface area contributed by atoms with Crippen LogP contribution >= 0.6 is 23.2 Å². The van der Waals surface area contributed by atoms with E-state index in [1.54, 1.807) is 24.3 Å². The number of nitro groups is 1. The highest BCUT2D eigenvalue weighted by Crippen LogP contribution is 2.24. The summed E-state index contributed by atoms with van der Waals surface area (Å²) in [4.78, 5) is 22.1. The van der Waals surface area contributed by atoms with Crippen LogP contribution in [0.15, 0.2) is 42.5 Å². The lowest BCUT2D eigenvalue weighted by Gasteiger charge is -2.08. The molecule has 6 nitrogen and oxygen atoms in total. The first-order valence-corrected chi connectivity index (χ1v) is 7.22. The number of esters is 1. The molecular weight excluding hydrogens is 345 g/mol. The van der Waals surface area contributed by atoms with Crippen molar-refractivity contribution in [3.8, 4) is 5.75 Å². The second kappa shape index (κ2) is 7.80. The number of hydrogen-bond acceptors (Lipinski definition) is 5. The maximum absolute atomic E-state index is 11.9. The third-order valence-electron chi connectivity index (χ3n) is 2.78. The fourth-order valence-corrected chi connectivity index (χ4v) is 2.02. The molecule has 0 aliphatic carbocycles. The van der Waals surface area contributed by atoms with Crippen LogP contribution in [0.2, 0.25) is 10.0 Å². The Labute approximate surface area is 141 Å². The number of carbonyl (C=O) groups excluding carboxylic acids is 1. The number of halogens is 2. The van der Waals surface area contributed by atoms with E-state index in [1.807, 2.05) is 0 Å². The standard InChI is InChI=1S/C15H11Cl2NO5/c16-10-1-4-12(5-2-10)22-7-8-23-15(19)13-6-3-11(17)9-14(13)18(20)21/h1-6,9H,7-8H2. The molecule has 0 aliphatic heterocycles. The van der Waals surface area contributed by atoms with Gasteiger partial charge in [-0.3, -0.25) is 10.1 Å². The van der Waals surface area contributed by atoms with Gasteiger partial charge in [0.1, 0.15) is 24.5 Å². The number of hydrogen-bond donors (Lipinski definition) is 0. The maximum atomic E-state index is 11.9. The lowest BCUT2D eigenvalue weighted by molar-refractivity contribution is -0.385. The van der Waals surface area contributed by atoms with Crippen molar-refractivity contribution in [1.29, 1.82) is 0 Å². The van der Waals surface area contributed by atoms with Crippen molar-refractivity contribution in [3.63, 3.8) is 0 Å². The van der Waals surface area contributed by atoms with Gasteiger partial charge in [-0.1, -0.05) is 23.2 Å². The quantitative estimate of drug-likeness (QED) is 0.336. The van der Waals surface area contributed by atoms with Gasteiger partial charge in [0, 0.05) is 16.1 Å². The molecule has 0 N–H and O–H groups in total. The summed E-state index contributed by atoms with van der Waals surface area (Å²) in [6.07, 6.45) is 0. The SMILES string of the molecule is O=C(OCCOc1ccc(Cl)cc1)c1ccc(Cl)cc1[N+](=O)[O-]. The lowest BCUT2D eigenvalue weighted by atomic mass is 10.2. The summed E-state index contributed by atoms with van der Waals surface area (Å²) in [5.41, 5.74) is -0.563. The third-order valence-corrected chi connectivity index (χ3v) is 3.26. The predicted octanol–water partition coefficient (Wildman–Crippen LogP) is 4.14. The van der Waals surface area contributed by atoms with Crippen molar-refractivity contribution in [2.75, 3.05) is 13.2 Å². The highest BCUT2D eigenvalue weighted by atomic mass is 35.5. The molecule has 0 spiro atoms. The van der Waals surface area contributed by atoms with Crippen LogP contribution < -0.4 is 4.74 Å². The van der Waals surface area contributed by atoms with Crippen molar-refractivity contribution < 1.29 is 19.2 Å². The van der Waals surface area contributed by atoms with E-state index in [0.717, 1.165) is 6.07 Å². The first-order chi connectivity index (χ1) is 11.0. The molecule has 120 valence electrons. The normalized spacial score (nSPS) is 10.2. The van der Waals surface area contributed by atoms with E-state index in [2.05, 4.69) is 0 Å². The Morgan fingerprint density at radius 3 is 2.35 bits per heavy atom. The molecule has 0 heterocycles. The van der Waals surface area contributed by atoms with Crippen LogP contribution in [0.4, 0.5) is 5.69 Å². The number of benzene rings is 2.